The molecule has 1 aliphatic rings. The van der Waals surface area contributed by atoms with Crippen molar-refractivity contribution in [3.8, 4) is 5.75 Å². The first-order valence-corrected chi connectivity index (χ1v) is 7.20. The third-order valence-corrected chi connectivity index (χ3v) is 3.73. The standard InChI is InChI=1S/C15H19F3N2O2.ClH/c1-20(12-5-3-8-19-9-7-12)14(21)11-4-2-6-13(10-11)22-15(16,17)18;/h2,4,6,10,12,19H,3,5,7-9H2,1H3;1H. The minimum Gasteiger partial charge on any atom is -0.406 e. The molecule has 1 N–H and O–H groups in total. The molecule has 1 aromatic carbocycles. The summed E-state index contributed by atoms with van der Waals surface area (Å²) in [5.74, 6) is -0.672. The summed E-state index contributed by atoms with van der Waals surface area (Å²) in [6.45, 7) is 1.76. The summed E-state index contributed by atoms with van der Waals surface area (Å²) in [4.78, 5) is 14.1. The van der Waals surface area contributed by atoms with Crippen molar-refractivity contribution in [1.29, 1.82) is 0 Å². The molecule has 0 bridgehead atoms. The van der Waals surface area contributed by atoms with Crippen LogP contribution < -0.4 is 10.1 Å². The number of carbonyl (C=O) groups is 1. The van der Waals surface area contributed by atoms with Gasteiger partial charge in [0.1, 0.15) is 5.75 Å². The molecule has 130 valence electrons. The summed E-state index contributed by atoms with van der Waals surface area (Å²) in [7, 11) is 1.69. The Morgan fingerprint density at radius 3 is 2.74 bits per heavy atom. The third kappa shape index (κ3) is 5.91. The van der Waals surface area contributed by atoms with Crippen molar-refractivity contribution in [3.05, 3.63) is 29.8 Å². The Kier molecular flexibility index (Phi) is 7.15. The van der Waals surface area contributed by atoms with Crippen LogP contribution in [0.15, 0.2) is 24.3 Å². The zero-order valence-electron chi connectivity index (χ0n) is 12.7. The van der Waals surface area contributed by atoms with Gasteiger partial charge in [-0.2, -0.15) is 0 Å². The second-order valence-electron chi connectivity index (χ2n) is 5.33. The highest BCUT2D eigenvalue weighted by molar-refractivity contribution is 5.94. The van der Waals surface area contributed by atoms with E-state index in [0.29, 0.717) is 0 Å². The maximum atomic E-state index is 12.4. The minimum atomic E-state index is -4.76. The maximum absolute atomic E-state index is 12.4. The molecule has 1 unspecified atom stereocenters. The van der Waals surface area contributed by atoms with E-state index < -0.39 is 6.36 Å². The van der Waals surface area contributed by atoms with E-state index in [9.17, 15) is 18.0 Å². The van der Waals surface area contributed by atoms with Crippen LogP contribution in [0.2, 0.25) is 0 Å². The number of halogens is 4. The van der Waals surface area contributed by atoms with Crippen molar-refractivity contribution in [3.63, 3.8) is 0 Å². The molecule has 23 heavy (non-hydrogen) atoms. The normalized spacial score (nSPS) is 18.5. The molecular weight excluding hydrogens is 333 g/mol. The number of hydrogen-bond donors (Lipinski definition) is 1. The van der Waals surface area contributed by atoms with Crippen molar-refractivity contribution in [2.45, 2.75) is 31.7 Å². The van der Waals surface area contributed by atoms with E-state index in [1.54, 1.807) is 11.9 Å². The predicted octanol–water partition coefficient (Wildman–Crippen LogP) is 3.22. The van der Waals surface area contributed by atoms with Crippen molar-refractivity contribution in [1.82, 2.24) is 10.2 Å². The number of rotatable bonds is 3. The highest BCUT2D eigenvalue weighted by Gasteiger charge is 2.31. The lowest BCUT2D eigenvalue weighted by Gasteiger charge is -2.27. The van der Waals surface area contributed by atoms with Crippen LogP contribution in [-0.2, 0) is 0 Å². The van der Waals surface area contributed by atoms with Gasteiger partial charge in [-0.3, -0.25) is 4.79 Å². The molecule has 1 amide bonds. The van der Waals surface area contributed by atoms with E-state index in [2.05, 4.69) is 10.1 Å². The monoisotopic (exact) mass is 352 g/mol. The highest BCUT2D eigenvalue weighted by Crippen LogP contribution is 2.24. The van der Waals surface area contributed by atoms with Gasteiger partial charge in [-0.25, -0.2) is 0 Å². The number of nitrogens with one attached hydrogen (secondary N) is 1. The minimum absolute atomic E-state index is 0. The number of ether oxygens (including phenoxy) is 1. The van der Waals surface area contributed by atoms with Gasteiger partial charge in [0, 0.05) is 18.7 Å². The molecule has 8 heteroatoms. The molecular formula is C15H20ClF3N2O2. The first kappa shape index (κ1) is 19.6. The fourth-order valence-electron chi connectivity index (χ4n) is 2.58. The van der Waals surface area contributed by atoms with Gasteiger partial charge < -0.3 is 15.0 Å². The van der Waals surface area contributed by atoms with Gasteiger partial charge in [0.05, 0.1) is 0 Å². The van der Waals surface area contributed by atoms with Crippen LogP contribution in [0.1, 0.15) is 29.6 Å². The Balaban J connectivity index is 0.00000264. The van der Waals surface area contributed by atoms with Gasteiger partial charge in [-0.1, -0.05) is 6.07 Å². The average molecular weight is 353 g/mol. The van der Waals surface area contributed by atoms with Crippen LogP contribution in [0.5, 0.6) is 5.75 Å². The summed E-state index contributed by atoms with van der Waals surface area (Å²) in [6, 6.07) is 5.28. The van der Waals surface area contributed by atoms with E-state index in [1.807, 2.05) is 0 Å². The predicted molar refractivity (Wildman–Crippen MR) is 83.0 cm³/mol. The molecule has 4 nitrogen and oxygen atoms in total. The molecule has 0 aromatic heterocycles. The quantitative estimate of drug-likeness (QED) is 0.908. The molecule has 1 aliphatic heterocycles. The fourth-order valence-corrected chi connectivity index (χ4v) is 2.58. The van der Waals surface area contributed by atoms with E-state index in [0.717, 1.165) is 38.4 Å². The Hall–Kier alpha value is -1.47. The van der Waals surface area contributed by atoms with Crippen molar-refractivity contribution < 1.29 is 22.7 Å². The number of nitrogens with zero attached hydrogens (tertiary/aromatic N) is 1. The first-order valence-electron chi connectivity index (χ1n) is 7.20. The lowest BCUT2D eigenvalue weighted by molar-refractivity contribution is -0.274. The van der Waals surface area contributed by atoms with Crippen molar-refractivity contribution in [2.75, 3.05) is 20.1 Å². The SMILES string of the molecule is CN(C(=O)c1cccc(OC(F)(F)F)c1)C1CCCNCC1.Cl. The summed E-state index contributed by atoms with van der Waals surface area (Å²) in [6.07, 6.45) is -2.07. The number of alkyl halides is 3. The van der Waals surface area contributed by atoms with Crippen molar-refractivity contribution >= 4 is 18.3 Å². The number of amides is 1. The van der Waals surface area contributed by atoms with E-state index >= 15 is 0 Å². The van der Waals surface area contributed by atoms with Gasteiger partial charge in [0.25, 0.3) is 5.91 Å². The Morgan fingerprint density at radius 2 is 2.04 bits per heavy atom. The Labute approximate surface area is 139 Å². The average Bonchev–Trinajstić information content (AvgIpc) is 2.73. The second-order valence-corrected chi connectivity index (χ2v) is 5.33. The molecule has 0 radical (unpaired) electrons. The van der Waals surface area contributed by atoms with Crippen LogP contribution in [0.4, 0.5) is 13.2 Å². The van der Waals surface area contributed by atoms with Gasteiger partial charge in [0.2, 0.25) is 0 Å². The first-order chi connectivity index (χ1) is 10.4. The Bertz CT molecular complexity index is 518. The van der Waals surface area contributed by atoms with E-state index in [1.165, 1.54) is 18.2 Å². The van der Waals surface area contributed by atoms with Crippen LogP contribution >= 0.6 is 12.4 Å². The van der Waals surface area contributed by atoms with Gasteiger partial charge in [-0.15, -0.1) is 25.6 Å². The lowest BCUT2D eigenvalue weighted by atomic mass is 10.1. The zero-order valence-corrected chi connectivity index (χ0v) is 13.5. The maximum Gasteiger partial charge on any atom is 0.573 e. The van der Waals surface area contributed by atoms with Crippen molar-refractivity contribution in [2.24, 2.45) is 0 Å². The van der Waals surface area contributed by atoms with Crippen LogP contribution in [0, 0.1) is 0 Å². The molecule has 1 saturated heterocycles. The van der Waals surface area contributed by atoms with Crippen LogP contribution in [0.3, 0.4) is 0 Å². The zero-order chi connectivity index (χ0) is 16.2. The second kappa shape index (κ2) is 8.40. The Morgan fingerprint density at radius 1 is 1.30 bits per heavy atom. The summed E-state index contributed by atoms with van der Waals surface area (Å²) >= 11 is 0. The molecule has 2 rings (SSSR count). The topological polar surface area (TPSA) is 41.6 Å². The van der Waals surface area contributed by atoms with Crippen LogP contribution in [0.25, 0.3) is 0 Å². The lowest BCUT2D eigenvalue weighted by Crippen LogP contribution is -2.37. The number of carbonyl (C=O) groups excluding carboxylic acids is 1. The van der Waals surface area contributed by atoms with E-state index in [-0.39, 0.29) is 35.7 Å². The smallest absolute Gasteiger partial charge is 0.406 e. The summed E-state index contributed by atoms with van der Waals surface area (Å²) in [5, 5.41) is 3.26. The molecule has 0 saturated carbocycles. The largest absolute Gasteiger partial charge is 0.573 e. The van der Waals surface area contributed by atoms with Gasteiger partial charge in [-0.05, 0) is 50.6 Å². The fraction of sp³-hybridized carbons (Fsp3) is 0.533. The molecule has 1 fully saturated rings. The van der Waals surface area contributed by atoms with Gasteiger partial charge >= 0.3 is 6.36 Å². The molecule has 0 aliphatic carbocycles. The highest BCUT2D eigenvalue weighted by atomic mass is 35.5. The van der Waals surface area contributed by atoms with E-state index in [4.69, 9.17) is 0 Å². The summed E-state index contributed by atoms with van der Waals surface area (Å²) < 4.78 is 40.6. The number of benzene rings is 1. The molecule has 1 aromatic rings. The van der Waals surface area contributed by atoms with Crippen LogP contribution in [-0.4, -0.2) is 43.3 Å². The molecule has 1 atom stereocenters. The third-order valence-electron chi connectivity index (χ3n) is 3.73. The van der Waals surface area contributed by atoms with Gasteiger partial charge in [0.15, 0.2) is 0 Å². The molecule has 1 heterocycles. The molecule has 0 spiro atoms. The number of hydrogen-bond acceptors (Lipinski definition) is 3. The summed E-state index contributed by atoms with van der Waals surface area (Å²) in [5.41, 5.74) is 0.196.